The first kappa shape index (κ1) is 9.95. The summed E-state index contributed by atoms with van der Waals surface area (Å²) in [6.45, 7) is 5.23. The van der Waals surface area contributed by atoms with Crippen molar-refractivity contribution in [3.8, 4) is 0 Å². The minimum Gasteiger partial charge on any atom is -0.391 e. The third-order valence-electron chi connectivity index (χ3n) is 0. The number of hydrogen-bond acceptors (Lipinski definition) is 1. The smallest absolute Gasteiger partial charge is 0.0563 e. The molecule has 0 fully saturated rings. The third kappa shape index (κ3) is 103. The Labute approximate surface area is 57.5 Å². The average Bonchev–Trinajstić information content (AvgIpc) is 0.722. The molecule has 0 unspecified atom stereocenters. The van der Waals surface area contributed by atoms with Gasteiger partial charge in [-0.1, -0.05) is 0 Å². The van der Waals surface area contributed by atoms with Gasteiger partial charge in [0.05, 0.1) is 5.60 Å². The summed E-state index contributed by atoms with van der Waals surface area (Å²) in [5.74, 6) is 0. The van der Waals surface area contributed by atoms with E-state index in [-0.39, 0.29) is 25.8 Å². The van der Waals surface area contributed by atoms with Crippen molar-refractivity contribution >= 4 is 0 Å². The zero-order chi connectivity index (χ0) is 4.50. The summed E-state index contributed by atoms with van der Waals surface area (Å²) in [5, 5.41) is 8.52. The topological polar surface area (TPSA) is 20.2 Å². The summed E-state index contributed by atoms with van der Waals surface area (Å²) in [7, 11) is 0. The van der Waals surface area contributed by atoms with Crippen LogP contribution in [0.3, 0.4) is 0 Å². The van der Waals surface area contributed by atoms with Crippen molar-refractivity contribution in [3.63, 3.8) is 0 Å². The molecule has 0 heterocycles. The summed E-state index contributed by atoms with van der Waals surface area (Å²) in [6, 6.07) is 0. The Balaban J connectivity index is 0. The standard InChI is InChI=1S/C4H10O.Sc/c1-4(2,3)5;/h5H,1-3H3;. The zero-order valence-electron chi connectivity index (χ0n) is 4.52. The fourth-order valence-corrected chi connectivity index (χ4v) is 0. The molecule has 1 N–H and O–H groups in total. The van der Waals surface area contributed by atoms with Crippen molar-refractivity contribution < 1.29 is 30.9 Å². The molecule has 0 spiro atoms. The Kier molecular flexibility index (Phi) is 4.84. The van der Waals surface area contributed by atoms with Crippen molar-refractivity contribution in [3.05, 3.63) is 0 Å². The third-order valence-corrected chi connectivity index (χ3v) is 0. The van der Waals surface area contributed by atoms with E-state index in [0.717, 1.165) is 0 Å². The van der Waals surface area contributed by atoms with E-state index in [1.807, 2.05) is 0 Å². The number of aliphatic hydroxyl groups is 1. The normalized spacial score (nSPS) is 10.0. The van der Waals surface area contributed by atoms with Crippen LogP contribution in [0.25, 0.3) is 0 Å². The van der Waals surface area contributed by atoms with E-state index in [4.69, 9.17) is 5.11 Å². The molecule has 0 bridgehead atoms. The molecule has 0 aliphatic rings. The quantitative estimate of drug-likeness (QED) is 0.499. The van der Waals surface area contributed by atoms with Gasteiger partial charge < -0.3 is 5.11 Å². The van der Waals surface area contributed by atoms with Gasteiger partial charge in [-0.15, -0.1) is 0 Å². The number of rotatable bonds is 0. The summed E-state index contributed by atoms with van der Waals surface area (Å²) in [5.41, 5.74) is -0.500. The van der Waals surface area contributed by atoms with Crippen LogP contribution < -0.4 is 0 Å². The predicted molar refractivity (Wildman–Crippen MR) is 22.0 cm³/mol. The molecule has 1 nitrogen and oxygen atoms in total. The predicted octanol–water partition coefficient (Wildman–Crippen LogP) is 0.775. The molecule has 0 aliphatic carbocycles. The van der Waals surface area contributed by atoms with Crippen LogP contribution in [0.15, 0.2) is 0 Å². The van der Waals surface area contributed by atoms with E-state index in [1.165, 1.54) is 0 Å². The van der Waals surface area contributed by atoms with Gasteiger partial charge in [0.1, 0.15) is 0 Å². The Morgan fingerprint density at radius 3 is 1.17 bits per heavy atom. The van der Waals surface area contributed by atoms with Gasteiger partial charge in [-0.25, -0.2) is 0 Å². The van der Waals surface area contributed by atoms with Gasteiger partial charge in [-0.05, 0) is 20.8 Å². The summed E-state index contributed by atoms with van der Waals surface area (Å²) >= 11 is 0. The van der Waals surface area contributed by atoms with Gasteiger partial charge in [0.2, 0.25) is 0 Å². The first-order valence-electron chi connectivity index (χ1n) is 1.72. The molecular weight excluding hydrogens is 109 g/mol. The van der Waals surface area contributed by atoms with Gasteiger partial charge in [0.15, 0.2) is 0 Å². The summed E-state index contributed by atoms with van der Waals surface area (Å²) in [6.07, 6.45) is 0. The second-order valence-electron chi connectivity index (χ2n) is 2.17. The maximum Gasteiger partial charge on any atom is 0.0563 e. The molecule has 0 aromatic rings. The van der Waals surface area contributed by atoms with E-state index in [1.54, 1.807) is 20.8 Å². The van der Waals surface area contributed by atoms with Crippen molar-refractivity contribution in [2.45, 2.75) is 26.4 Å². The van der Waals surface area contributed by atoms with Gasteiger partial charge in [0.25, 0.3) is 0 Å². The fraction of sp³-hybridized carbons (Fsp3) is 1.00. The van der Waals surface area contributed by atoms with Crippen LogP contribution in [0, 0.1) is 0 Å². The molecule has 0 rings (SSSR count). The molecule has 35 valence electrons. The molecule has 0 atom stereocenters. The van der Waals surface area contributed by atoms with Crippen LogP contribution in [-0.2, 0) is 25.8 Å². The van der Waals surface area contributed by atoms with E-state index < -0.39 is 5.60 Å². The Morgan fingerprint density at radius 1 is 1.17 bits per heavy atom. The fourth-order valence-electron chi connectivity index (χ4n) is 0. The van der Waals surface area contributed by atoms with Crippen molar-refractivity contribution in [2.75, 3.05) is 0 Å². The van der Waals surface area contributed by atoms with Gasteiger partial charge >= 0.3 is 0 Å². The first-order valence-corrected chi connectivity index (χ1v) is 1.72. The van der Waals surface area contributed by atoms with Crippen LogP contribution in [0.4, 0.5) is 0 Å². The van der Waals surface area contributed by atoms with Gasteiger partial charge in [0, 0.05) is 25.8 Å². The van der Waals surface area contributed by atoms with E-state index in [2.05, 4.69) is 0 Å². The van der Waals surface area contributed by atoms with E-state index in [0.29, 0.717) is 0 Å². The molecule has 0 aromatic carbocycles. The second kappa shape index (κ2) is 2.92. The van der Waals surface area contributed by atoms with Crippen molar-refractivity contribution in [1.29, 1.82) is 0 Å². The number of hydrogen-bond donors (Lipinski definition) is 1. The molecular formula is C4H10OSc. The summed E-state index contributed by atoms with van der Waals surface area (Å²) < 4.78 is 0. The van der Waals surface area contributed by atoms with Crippen LogP contribution in [0.1, 0.15) is 20.8 Å². The molecule has 0 amide bonds. The molecule has 0 saturated carbocycles. The van der Waals surface area contributed by atoms with Crippen LogP contribution >= 0.6 is 0 Å². The monoisotopic (exact) mass is 119 g/mol. The maximum absolute atomic E-state index is 8.52. The molecule has 0 aliphatic heterocycles. The Bertz CT molecular complexity index is 23.0. The van der Waals surface area contributed by atoms with E-state index in [9.17, 15) is 0 Å². The van der Waals surface area contributed by atoms with Gasteiger partial charge in [-0.2, -0.15) is 0 Å². The van der Waals surface area contributed by atoms with Crippen LogP contribution in [0.5, 0.6) is 0 Å². The van der Waals surface area contributed by atoms with Crippen LogP contribution in [-0.4, -0.2) is 10.7 Å². The van der Waals surface area contributed by atoms with Crippen LogP contribution in [0.2, 0.25) is 0 Å². The second-order valence-corrected chi connectivity index (χ2v) is 2.17. The van der Waals surface area contributed by atoms with Crippen molar-refractivity contribution in [2.24, 2.45) is 0 Å². The minimum absolute atomic E-state index is 0. The average molecular weight is 119 g/mol. The molecule has 2 heteroatoms. The van der Waals surface area contributed by atoms with Gasteiger partial charge in [-0.3, -0.25) is 0 Å². The SMILES string of the molecule is CC(C)(C)O.[Sc]. The van der Waals surface area contributed by atoms with E-state index >= 15 is 0 Å². The first-order chi connectivity index (χ1) is 2.00. The summed E-state index contributed by atoms with van der Waals surface area (Å²) in [4.78, 5) is 0. The molecule has 1 radical (unpaired) electrons. The maximum atomic E-state index is 8.52. The minimum atomic E-state index is -0.500. The largest absolute Gasteiger partial charge is 0.391 e. The van der Waals surface area contributed by atoms with Crippen molar-refractivity contribution in [1.82, 2.24) is 0 Å². The molecule has 6 heavy (non-hydrogen) atoms. The Morgan fingerprint density at radius 2 is 1.17 bits per heavy atom. The molecule has 0 saturated heterocycles. The molecule has 0 aromatic heterocycles. The Hall–Kier alpha value is 0.830. The zero-order valence-corrected chi connectivity index (χ0v) is 6.33.